The largest absolute Gasteiger partial charge is 0.493 e. The Kier molecular flexibility index (Phi) is 5.23. The average molecular weight is 327 g/mol. The molecule has 0 unspecified atom stereocenters. The van der Waals surface area contributed by atoms with Crippen LogP contribution in [0.4, 0.5) is 0 Å². The lowest BCUT2D eigenvalue weighted by atomic mass is 10.0. The second-order valence-corrected chi connectivity index (χ2v) is 6.58. The predicted octanol–water partition coefficient (Wildman–Crippen LogP) is 3.63. The molecule has 0 saturated carbocycles. The molecule has 3 rings (SSSR count). The molecule has 0 aromatic heterocycles. The highest BCUT2D eigenvalue weighted by atomic mass is 32.2. The van der Waals surface area contributed by atoms with Crippen molar-refractivity contribution < 1.29 is 9.53 Å². The third-order valence-corrected chi connectivity index (χ3v) is 4.89. The molecular formula is C19H21NO2S. The van der Waals surface area contributed by atoms with Gasteiger partial charge in [0, 0.05) is 29.3 Å². The van der Waals surface area contributed by atoms with Crippen LogP contribution in [-0.4, -0.2) is 25.3 Å². The van der Waals surface area contributed by atoms with Gasteiger partial charge in [-0.25, -0.2) is 0 Å². The maximum Gasteiger partial charge on any atom is 0.220 e. The van der Waals surface area contributed by atoms with Crippen LogP contribution in [0.15, 0.2) is 53.4 Å². The normalized spacial score (nSPS) is 15.8. The van der Waals surface area contributed by atoms with Gasteiger partial charge in [0.05, 0.1) is 6.61 Å². The third kappa shape index (κ3) is 4.08. The SMILES string of the molecule is CSc1ccc(CCC(=O)NC[C@H]2COc3ccccc32)cc1. The Labute approximate surface area is 141 Å². The summed E-state index contributed by atoms with van der Waals surface area (Å²) in [4.78, 5) is 13.3. The second-order valence-electron chi connectivity index (χ2n) is 5.70. The average Bonchev–Trinajstić information content (AvgIpc) is 3.02. The van der Waals surface area contributed by atoms with Crippen molar-refractivity contribution in [1.29, 1.82) is 0 Å². The molecule has 4 heteroatoms. The van der Waals surface area contributed by atoms with E-state index in [0.29, 0.717) is 19.6 Å². The van der Waals surface area contributed by atoms with E-state index in [1.54, 1.807) is 11.8 Å². The monoisotopic (exact) mass is 327 g/mol. The van der Waals surface area contributed by atoms with Gasteiger partial charge in [-0.15, -0.1) is 11.8 Å². The minimum absolute atomic E-state index is 0.100. The van der Waals surface area contributed by atoms with Crippen LogP contribution in [0.25, 0.3) is 0 Å². The fraction of sp³-hybridized carbons (Fsp3) is 0.316. The van der Waals surface area contributed by atoms with Gasteiger partial charge in [0.15, 0.2) is 0 Å². The summed E-state index contributed by atoms with van der Waals surface area (Å²) in [6, 6.07) is 16.4. The van der Waals surface area contributed by atoms with Crippen LogP contribution in [0.2, 0.25) is 0 Å². The van der Waals surface area contributed by atoms with E-state index in [4.69, 9.17) is 4.74 Å². The number of nitrogens with one attached hydrogen (secondary N) is 1. The van der Waals surface area contributed by atoms with Gasteiger partial charge in [0.1, 0.15) is 5.75 Å². The standard InChI is InChI=1S/C19H21NO2S/c1-23-16-9-6-14(7-10-16)8-11-19(21)20-12-15-13-22-18-5-3-2-4-17(15)18/h2-7,9-10,15H,8,11-13H2,1H3,(H,20,21)/t15-/m0/s1. The van der Waals surface area contributed by atoms with Crippen LogP contribution in [-0.2, 0) is 11.2 Å². The molecule has 0 aliphatic carbocycles. The van der Waals surface area contributed by atoms with Crippen LogP contribution in [0, 0.1) is 0 Å². The highest BCUT2D eigenvalue weighted by Gasteiger charge is 2.23. The number of benzene rings is 2. The fourth-order valence-electron chi connectivity index (χ4n) is 2.77. The number of aryl methyl sites for hydroxylation is 1. The summed E-state index contributed by atoms with van der Waals surface area (Å²) in [6.45, 7) is 1.29. The Morgan fingerprint density at radius 1 is 1.22 bits per heavy atom. The summed E-state index contributed by atoms with van der Waals surface area (Å²) in [5.41, 5.74) is 2.40. The number of amides is 1. The lowest BCUT2D eigenvalue weighted by Gasteiger charge is -2.10. The third-order valence-electron chi connectivity index (χ3n) is 4.14. The molecule has 0 spiro atoms. The minimum Gasteiger partial charge on any atom is -0.493 e. The molecular weight excluding hydrogens is 306 g/mol. The first-order chi connectivity index (χ1) is 11.3. The summed E-state index contributed by atoms with van der Waals surface area (Å²) >= 11 is 1.73. The summed E-state index contributed by atoms with van der Waals surface area (Å²) in [6.07, 6.45) is 3.36. The van der Waals surface area contributed by atoms with Crippen LogP contribution in [0.3, 0.4) is 0 Å². The van der Waals surface area contributed by atoms with E-state index in [-0.39, 0.29) is 11.8 Å². The zero-order valence-electron chi connectivity index (χ0n) is 13.2. The van der Waals surface area contributed by atoms with Gasteiger partial charge in [-0.1, -0.05) is 30.3 Å². The smallest absolute Gasteiger partial charge is 0.220 e. The summed E-state index contributed by atoms with van der Waals surface area (Å²) in [5, 5.41) is 3.04. The van der Waals surface area contributed by atoms with E-state index in [2.05, 4.69) is 41.9 Å². The Morgan fingerprint density at radius 3 is 2.78 bits per heavy atom. The molecule has 0 saturated heterocycles. The molecule has 1 N–H and O–H groups in total. The summed E-state index contributed by atoms with van der Waals surface area (Å²) < 4.78 is 5.64. The maximum absolute atomic E-state index is 12.1. The van der Waals surface area contributed by atoms with Crippen molar-refractivity contribution in [3.05, 3.63) is 59.7 Å². The molecule has 0 fully saturated rings. The molecule has 1 aliphatic rings. The van der Waals surface area contributed by atoms with Crippen molar-refractivity contribution in [3.63, 3.8) is 0 Å². The molecule has 1 heterocycles. The molecule has 0 bridgehead atoms. The van der Waals surface area contributed by atoms with Crippen LogP contribution >= 0.6 is 11.8 Å². The number of hydrogen-bond acceptors (Lipinski definition) is 3. The Bertz CT molecular complexity index is 669. The number of fused-ring (bicyclic) bond motifs is 1. The number of thioether (sulfide) groups is 1. The molecule has 1 amide bonds. The quantitative estimate of drug-likeness (QED) is 0.823. The van der Waals surface area contributed by atoms with Gasteiger partial charge < -0.3 is 10.1 Å². The summed E-state index contributed by atoms with van der Waals surface area (Å²) in [7, 11) is 0. The van der Waals surface area contributed by atoms with E-state index in [9.17, 15) is 4.79 Å². The number of rotatable bonds is 6. The topological polar surface area (TPSA) is 38.3 Å². The van der Waals surface area contributed by atoms with E-state index in [1.807, 2.05) is 18.2 Å². The number of hydrogen-bond donors (Lipinski definition) is 1. The lowest BCUT2D eigenvalue weighted by Crippen LogP contribution is -2.29. The zero-order valence-corrected chi connectivity index (χ0v) is 14.1. The van der Waals surface area contributed by atoms with E-state index < -0.39 is 0 Å². The van der Waals surface area contributed by atoms with E-state index in [0.717, 1.165) is 12.2 Å². The van der Waals surface area contributed by atoms with Crippen LogP contribution in [0.5, 0.6) is 5.75 Å². The number of para-hydroxylation sites is 1. The first-order valence-corrected chi connectivity index (χ1v) is 9.10. The lowest BCUT2D eigenvalue weighted by molar-refractivity contribution is -0.121. The van der Waals surface area contributed by atoms with Gasteiger partial charge in [-0.3, -0.25) is 4.79 Å². The summed E-state index contributed by atoms with van der Waals surface area (Å²) in [5.74, 6) is 1.31. The van der Waals surface area contributed by atoms with Gasteiger partial charge in [0.25, 0.3) is 0 Å². The Balaban J connectivity index is 1.45. The second kappa shape index (κ2) is 7.55. The van der Waals surface area contributed by atoms with Crippen molar-refractivity contribution in [1.82, 2.24) is 5.32 Å². The number of carbonyl (C=O) groups is 1. The minimum atomic E-state index is 0.100. The molecule has 1 atom stereocenters. The Morgan fingerprint density at radius 2 is 2.00 bits per heavy atom. The molecule has 0 radical (unpaired) electrons. The van der Waals surface area contributed by atoms with Gasteiger partial charge >= 0.3 is 0 Å². The van der Waals surface area contributed by atoms with Crippen molar-refractivity contribution in [2.75, 3.05) is 19.4 Å². The molecule has 2 aromatic rings. The Hall–Kier alpha value is -1.94. The zero-order chi connectivity index (χ0) is 16.1. The molecule has 3 nitrogen and oxygen atoms in total. The number of ether oxygens (including phenoxy) is 1. The first-order valence-electron chi connectivity index (χ1n) is 7.87. The van der Waals surface area contributed by atoms with Crippen molar-refractivity contribution in [3.8, 4) is 5.75 Å². The highest BCUT2D eigenvalue weighted by Crippen LogP contribution is 2.32. The first kappa shape index (κ1) is 15.9. The van der Waals surface area contributed by atoms with E-state index >= 15 is 0 Å². The van der Waals surface area contributed by atoms with Crippen LogP contribution < -0.4 is 10.1 Å². The highest BCUT2D eigenvalue weighted by molar-refractivity contribution is 7.98. The van der Waals surface area contributed by atoms with Crippen molar-refractivity contribution in [2.45, 2.75) is 23.7 Å². The van der Waals surface area contributed by atoms with Gasteiger partial charge in [-0.2, -0.15) is 0 Å². The number of carbonyl (C=O) groups excluding carboxylic acids is 1. The molecule has 23 heavy (non-hydrogen) atoms. The van der Waals surface area contributed by atoms with Crippen molar-refractivity contribution >= 4 is 17.7 Å². The van der Waals surface area contributed by atoms with Crippen LogP contribution in [0.1, 0.15) is 23.5 Å². The van der Waals surface area contributed by atoms with Gasteiger partial charge in [0.2, 0.25) is 5.91 Å². The van der Waals surface area contributed by atoms with E-state index in [1.165, 1.54) is 16.0 Å². The fourth-order valence-corrected chi connectivity index (χ4v) is 3.18. The maximum atomic E-state index is 12.1. The molecule has 1 aliphatic heterocycles. The molecule has 2 aromatic carbocycles. The predicted molar refractivity (Wildman–Crippen MR) is 94.2 cm³/mol. The molecule has 120 valence electrons. The van der Waals surface area contributed by atoms with Crippen molar-refractivity contribution in [2.24, 2.45) is 0 Å². The van der Waals surface area contributed by atoms with Gasteiger partial charge in [-0.05, 0) is 36.4 Å².